The van der Waals surface area contributed by atoms with Gasteiger partial charge >= 0.3 is 12.2 Å². The number of alkyl carbamates (subject to hydrolysis) is 1. The molecule has 3 amide bonds. The number of benzene rings is 4. The van der Waals surface area contributed by atoms with Crippen molar-refractivity contribution in [1.82, 2.24) is 20.5 Å². The Morgan fingerprint density at radius 2 is 1.62 bits per heavy atom. The fourth-order valence-electron chi connectivity index (χ4n) is 8.51. The first-order chi connectivity index (χ1) is 33.4. The number of methoxy groups -OCH3 is 1. The average Bonchev–Trinajstić information content (AvgIpc) is 3.30. The van der Waals surface area contributed by atoms with Crippen LogP contribution in [0, 0.1) is 0 Å². The number of fused-ring (bicyclic) bond motifs is 1. The molecule has 0 radical (unpaired) electrons. The van der Waals surface area contributed by atoms with E-state index in [2.05, 4.69) is 49.5 Å². The first-order valence-electron chi connectivity index (χ1n) is 24.1. The smallest absolute Gasteiger partial charge is 0.412 e. The molecule has 5 aromatic rings. The number of anilines is 1. The van der Waals surface area contributed by atoms with Gasteiger partial charge in [-0.25, -0.2) is 9.59 Å². The molecule has 1 aliphatic carbocycles. The standard InChI is InChI=1S/C54H70ClN5O10Si/c1-53(2,3)69-51(64)57-37-17-19-38(20-18-37)60(52(65)66)43-28-34(16-21-39(43)35-14-12-11-13-15-35)26-27-59(7)49(63)33-68-46-30-45(67-8)36(29-42(46)55)31-56-32-47(70-71(9,10)54(4,5)6)40-22-24-44(61)50-41(40)23-25-48(62)58-50/h11-16,21-25,28-30,37-38,47,56,61H,17-20,26-27,31-33H2,1-10H3,(H,57,64)(H,58,62)(H,65,66)/t37?,38?,47-/m1/s1. The Kier molecular flexibility index (Phi) is 17.6. The van der Waals surface area contributed by atoms with Gasteiger partial charge in [0.15, 0.2) is 14.9 Å². The number of phenols is 1. The number of carbonyl (C=O) groups excluding carboxylic acids is 2. The van der Waals surface area contributed by atoms with Crippen LogP contribution in [0.3, 0.4) is 0 Å². The number of hydrogen-bond donors (Lipinski definition) is 5. The summed E-state index contributed by atoms with van der Waals surface area (Å²) in [6, 6.07) is 25.0. The summed E-state index contributed by atoms with van der Waals surface area (Å²) in [5, 5.41) is 28.7. The number of carbonyl (C=O) groups is 3. The lowest BCUT2D eigenvalue weighted by molar-refractivity contribution is -0.132. The van der Waals surface area contributed by atoms with Crippen LogP contribution < -0.4 is 30.6 Å². The molecular weight excluding hydrogens is 942 g/mol. The lowest BCUT2D eigenvalue weighted by Crippen LogP contribution is -2.47. The van der Waals surface area contributed by atoms with E-state index in [1.54, 1.807) is 43.3 Å². The molecule has 1 aliphatic rings. The van der Waals surface area contributed by atoms with Gasteiger partial charge in [0, 0.05) is 67.4 Å². The maximum Gasteiger partial charge on any atom is 0.412 e. The summed E-state index contributed by atoms with van der Waals surface area (Å²) in [6.45, 7) is 17.1. The van der Waals surface area contributed by atoms with Crippen molar-refractivity contribution in [1.29, 1.82) is 0 Å². The van der Waals surface area contributed by atoms with E-state index in [9.17, 15) is 29.4 Å². The highest BCUT2D eigenvalue weighted by molar-refractivity contribution is 6.74. The molecule has 5 N–H and O–H groups in total. The van der Waals surface area contributed by atoms with E-state index < -0.39 is 32.2 Å². The van der Waals surface area contributed by atoms with Crippen molar-refractivity contribution in [3.8, 4) is 28.4 Å². The van der Waals surface area contributed by atoms with Crippen LogP contribution in [0.5, 0.6) is 17.2 Å². The number of aromatic amines is 1. The van der Waals surface area contributed by atoms with Crippen LogP contribution in [0.15, 0.2) is 89.7 Å². The van der Waals surface area contributed by atoms with Crippen LogP contribution in [-0.2, 0) is 26.9 Å². The Morgan fingerprint density at radius 1 is 0.915 bits per heavy atom. The van der Waals surface area contributed by atoms with Gasteiger partial charge in [0.25, 0.3) is 5.91 Å². The summed E-state index contributed by atoms with van der Waals surface area (Å²) in [5.41, 5.74) is 4.06. The minimum absolute atomic E-state index is 0.0242. The number of phenolic OH excluding ortho intramolecular Hbond substituents is 1. The molecule has 6 rings (SSSR count). The van der Waals surface area contributed by atoms with Crippen molar-refractivity contribution >= 4 is 54.6 Å². The van der Waals surface area contributed by atoms with Gasteiger partial charge in [-0.1, -0.05) is 80.9 Å². The molecule has 1 saturated carbocycles. The van der Waals surface area contributed by atoms with Crippen LogP contribution in [0.4, 0.5) is 15.3 Å². The number of pyridine rings is 1. The van der Waals surface area contributed by atoms with Crippen molar-refractivity contribution in [2.24, 2.45) is 0 Å². The van der Waals surface area contributed by atoms with E-state index >= 15 is 0 Å². The number of aromatic nitrogens is 1. The van der Waals surface area contributed by atoms with Crippen molar-refractivity contribution in [2.75, 3.05) is 38.8 Å². The van der Waals surface area contributed by atoms with Crippen LogP contribution in [-0.4, -0.2) is 98.0 Å². The summed E-state index contributed by atoms with van der Waals surface area (Å²) in [5.74, 6) is 0.475. The predicted octanol–water partition coefficient (Wildman–Crippen LogP) is 10.8. The van der Waals surface area contributed by atoms with Gasteiger partial charge in [0.1, 0.15) is 22.8 Å². The van der Waals surface area contributed by atoms with Gasteiger partial charge in [-0.05, 0) is 112 Å². The number of nitrogens with one attached hydrogen (secondary N) is 3. The Bertz CT molecular complexity index is 2730. The topological polar surface area (TPSA) is 192 Å². The van der Waals surface area contributed by atoms with E-state index in [-0.39, 0.29) is 46.7 Å². The first kappa shape index (κ1) is 54.3. The quantitative estimate of drug-likeness (QED) is 0.0525. The molecule has 1 heterocycles. The highest BCUT2D eigenvalue weighted by Gasteiger charge is 2.40. The van der Waals surface area contributed by atoms with Crippen LogP contribution in [0.2, 0.25) is 23.2 Å². The Labute approximate surface area is 422 Å². The van der Waals surface area contributed by atoms with Crippen molar-refractivity contribution in [3.63, 3.8) is 0 Å². The number of H-pyrrole nitrogens is 1. The number of aromatic hydroxyl groups is 1. The Morgan fingerprint density at radius 3 is 2.27 bits per heavy atom. The number of amides is 3. The number of carboxylic acid groups (broad SMARTS) is 1. The molecule has 1 aromatic heterocycles. The van der Waals surface area contributed by atoms with Gasteiger partial charge in [0.05, 0.1) is 29.4 Å². The minimum Gasteiger partial charge on any atom is -0.506 e. The molecule has 0 saturated heterocycles. The first-order valence-corrected chi connectivity index (χ1v) is 27.4. The van der Waals surface area contributed by atoms with Crippen molar-refractivity contribution < 1.29 is 43.2 Å². The van der Waals surface area contributed by atoms with Gasteiger partial charge in [-0.2, -0.15) is 0 Å². The fourth-order valence-corrected chi connectivity index (χ4v) is 10.0. The third kappa shape index (κ3) is 14.1. The third-order valence-electron chi connectivity index (χ3n) is 13.4. The lowest BCUT2D eigenvalue weighted by atomic mass is 9.89. The van der Waals surface area contributed by atoms with Crippen molar-refractivity contribution in [2.45, 2.75) is 122 Å². The summed E-state index contributed by atoms with van der Waals surface area (Å²) >= 11 is 6.78. The maximum absolute atomic E-state index is 13.5. The predicted molar refractivity (Wildman–Crippen MR) is 282 cm³/mol. The molecule has 0 spiro atoms. The Balaban J connectivity index is 1.10. The second-order valence-corrected chi connectivity index (χ2v) is 25.9. The maximum atomic E-state index is 13.5. The molecule has 1 fully saturated rings. The largest absolute Gasteiger partial charge is 0.506 e. The summed E-state index contributed by atoms with van der Waals surface area (Å²) in [7, 11) is 0.923. The molecule has 1 atom stereocenters. The number of halogens is 1. The number of ether oxygens (including phenoxy) is 3. The summed E-state index contributed by atoms with van der Waals surface area (Å²) < 4.78 is 24.2. The van der Waals surface area contributed by atoms with Crippen molar-refractivity contribution in [3.05, 3.63) is 117 Å². The van der Waals surface area contributed by atoms with Crippen LogP contribution >= 0.6 is 11.6 Å². The molecule has 382 valence electrons. The molecule has 15 nitrogen and oxygen atoms in total. The number of nitrogens with zero attached hydrogens (tertiary/aromatic N) is 2. The highest BCUT2D eigenvalue weighted by Crippen LogP contribution is 2.42. The third-order valence-corrected chi connectivity index (χ3v) is 18.2. The molecule has 0 aliphatic heterocycles. The van der Waals surface area contributed by atoms with E-state index in [0.717, 1.165) is 27.8 Å². The van der Waals surface area contributed by atoms with E-state index in [4.69, 9.17) is 30.2 Å². The molecule has 0 bridgehead atoms. The molecular formula is C54H70ClN5O10Si. The zero-order chi connectivity index (χ0) is 51.8. The van der Waals surface area contributed by atoms with Gasteiger partial charge in [0.2, 0.25) is 5.56 Å². The van der Waals surface area contributed by atoms with Crippen LogP contribution in [0.1, 0.15) is 90.0 Å². The van der Waals surface area contributed by atoms with E-state index in [1.807, 2.05) is 75.4 Å². The molecule has 17 heteroatoms. The second-order valence-electron chi connectivity index (χ2n) is 20.8. The zero-order valence-electron chi connectivity index (χ0n) is 42.6. The summed E-state index contributed by atoms with van der Waals surface area (Å²) in [6.07, 6.45) is 0.781. The zero-order valence-corrected chi connectivity index (χ0v) is 44.4. The molecule has 0 unspecified atom stereocenters. The van der Waals surface area contributed by atoms with E-state index in [0.29, 0.717) is 79.1 Å². The molecule has 4 aromatic carbocycles. The fraction of sp³-hybridized carbons (Fsp3) is 0.444. The monoisotopic (exact) mass is 1010 g/mol. The normalized spacial score (nSPS) is 15.7. The number of likely N-dealkylation sites (N-methyl/N-ethyl adjacent to an activating group) is 1. The summed E-state index contributed by atoms with van der Waals surface area (Å²) in [4.78, 5) is 57.1. The lowest BCUT2D eigenvalue weighted by Gasteiger charge is -2.39. The highest BCUT2D eigenvalue weighted by atomic mass is 35.5. The second kappa shape index (κ2) is 23.0. The van der Waals surface area contributed by atoms with Gasteiger partial charge in [-0.15, -0.1) is 0 Å². The van der Waals surface area contributed by atoms with Crippen LogP contribution in [0.25, 0.3) is 22.0 Å². The van der Waals surface area contributed by atoms with Gasteiger partial charge in [-0.3, -0.25) is 14.5 Å². The minimum atomic E-state index is -2.32. The van der Waals surface area contributed by atoms with Gasteiger partial charge < -0.3 is 49.4 Å². The number of hydrogen-bond acceptors (Lipinski definition) is 10. The average molecular weight is 1010 g/mol. The SMILES string of the molecule is COc1cc(OCC(=O)N(C)CCc2ccc(-c3ccccc3)c(N(C(=O)O)C3CCC(NC(=O)OC(C)(C)C)CC3)c2)c(Cl)cc1CNC[C@@H](O[Si](C)(C)C(C)(C)C)c1ccc(O)c2[nH]c(=O)ccc12. The molecule has 71 heavy (non-hydrogen) atoms. The van der Waals surface area contributed by atoms with E-state index in [1.165, 1.54) is 11.0 Å². The number of rotatable bonds is 18. The Hall–Kier alpha value is -6.07.